The van der Waals surface area contributed by atoms with Crippen molar-refractivity contribution in [1.29, 1.82) is 0 Å². The van der Waals surface area contributed by atoms with Gasteiger partial charge >= 0.3 is 0 Å². The number of carbonyl (C=O) groups excluding carboxylic acids is 1. The van der Waals surface area contributed by atoms with Crippen LogP contribution in [0.2, 0.25) is 0 Å². The Morgan fingerprint density at radius 1 is 1.71 bits per heavy atom. The molecule has 1 aliphatic carbocycles. The van der Waals surface area contributed by atoms with Crippen LogP contribution in [0.15, 0.2) is 12.5 Å². The molecule has 1 aliphatic rings. The van der Waals surface area contributed by atoms with E-state index in [2.05, 4.69) is 10.3 Å². The van der Waals surface area contributed by atoms with Crippen LogP contribution in [0.25, 0.3) is 0 Å². The maximum atomic E-state index is 11.9. The number of aromatic nitrogens is 2. The zero-order chi connectivity index (χ0) is 11.8. The molecule has 1 amide bonds. The van der Waals surface area contributed by atoms with Crippen LogP contribution >= 0.6 is 12.4 Å². The van der Waals surface area contributed by atoms with E-state index in [4.69, 9.17) is 5.73 Å². The Morgan fingerprint density at radius 2 is 2.35 bits per heavy atom. The van der Waals surface area contributed by atoms with E-state index in [1.54, 1.807) is 17.1 Å². The van der Waals surface area contributed by atoms with Gasteiger partial charge in [0.1, 0.15) is 5.69 Å². The first-order valence-corrected chi connectivity index (χ1v) is 5.56. The molecule has 1 aromatic heterocycles. The zero-order valence-electron chi connectivity index (χ0n) is 10.1. The molecule has 1 heterocycles. The van der Waals surface area contributed by atoms with Crippen molar-refractivity contribution in [3.8, 4) is 0 Å². The van der Waals surface area contributed by atoms with Gasteiger partial charge in [-0.3, -0.25) is 4.79 Å². The third-order valence-electron chi connectivity index (χ3n) is 3.24. The van der Waals surface area contributed by atoms with E-state index in [1.807, 2.05) is 14.0 Å². The lowest BCUT2D eigenvalue weighted by Crippen LogP contribution is -2.53. The topological polar surface area (TPSA) is 72.9 Å². The first kappa shape index (κ1) is 14.0. The number of halogens is 1. The van der Waals surface area contributed by atoms with Gasteiger partial charge in [0.15, 0.2) is 0 Å². The van der Waals surface area contributed by atoms with E-state index in [9.17, 15) is 4.79 Å². The molecule has 1 unspecified atom stereocenters. The molecule has 0 radical (unpaired) electrons. The second kappa shape index (κ2) is 5.06. The summed E-state index contributed by atoms with van der Waals surface area (Å²) >= 11 is 0. The zero-order valence-corrected chi connectivity index (χ0v) is 11.0. The largest absolute Gasteiger partial charge is 0.344 e. The SMILES string of the molecule is Cl.Cn1cnc(C(=O)NC(C)(CN)C2CC2)c1. The van der Waals surface area contributed by atoms with Crippen LogP contribution in [0, 0.1) is 5.92 Å². The van der Waals surface area contributed by atoms with Crippen LogP contribution in [0.5, 0.6) is 0 Å². The molecule has 2 rings (SSSR count). The van der Waals surface area contributed by atoms with Gasteiger partial charge in [-0.15, -0.1) is 12.4 Å². The highest BCUT2D eigenvalue weighted by atomic mass is 35.5. The van der Waals surface area contributed by atoms with Gasteiger partial charge < -0.3 is 15.6 Å². The number of carbonyl (C=O) groups is 1. The lowest BCUT2D eigenvalue weighted by atomic mass is 9.96. The van der Waals surface area contributed by atoms with Crippen LogP contribution < -0.4 is 11.1 Å². The second-order valence-electron chi connectivity index (χ2n) is 4.77. The summed E-state index contributed by atoms with van der Waals surface area (Å²) in [6, 6.07) is 0. The monoisotopic (exact) mass is 258 g/mol. The lowest BCUT2D eigenvalue weighted by Gasteiger charge is -2.29. The number of nitrogens with zero attached hydrogens (tertiary/aromatic N) is 2. The summed E-state index contributed by atoms with van der Waals surface area (Å²) in [6.45, 7) is 2.47. The summed E-state index contributed by atoms with van der Waals surface area (Å²) < 4.78 is 1.76. The third-order valence-corrected chi connectivity index (χ3v) is 3.24. The van der Waals surface area contributed by atoms with Gasteiger partial charge in [-0.2, -0.15) is 0 Å². The molecule has 6 heteroatoms. The van der Waals surface area contributed by atoms with E-state index in [0.29, 0.717) is 18.2 Å². The fourth-order valence-corrected chi connectivity index (χ4v) is 1.89. The maximum absolute atomic E-state index is 11.9. The average molecular weight is 259 g/mol. The Morgan fingerprint density at radius 3 is 2.76 bits per heavy atom. The highest BCUT2D eigenvalue weighted by molar-refractivity contribution is 5.92. The molecule has 0 bridgehead atoms. The van der Waals surface area contributed by atoms with Crippen LogP contribution in [0.4, 0.5) is 0 Å². The fraction of sp³-hybridized carbons (Fsp3) is 0.636. The molecular formula is C11H19ClN4O. The number of nitrogens with one attached hydrogen (secondary N) is 1. The summed E-state index contributed by atoms with van der Waals surface area (Å²) in [5.41, 5.74) is 5.90. The number of hydrogen-bond acceptors (Lipinski definition) is 3. The summed E-state index contributed by atoms with van der Waals surface area (Å²) in [4.78, 5) is 15.9. The summed E-state index contributed by atoms with van der Waals surface area (Å²) in [5.74, 6) is 0.380. The Labute approximate surface area is 107 Å². The number of imidazole rings is 1. The van der Waals surface area contributed by atoms with Crippen LogP contribution in [-0.2, 0) is 7.05 Å². The molecule has 1 saturated carbocycles. The van der Waals surface area contributed by atoms with Gasteiger partial charge in [0.25, 0.3) is 5.91 Å². The minimum atomic E-state index is -0.283. The molecule has 0 aromatic carbocycles. The Balaban J connectivity index is 0.00000144. The quantitative estimate of drug-likeness (QED) is 0.835. The van der Waals surface area contributed by atoms with Gasteiger partial charge in [0, 0.05) is 19.8 Å². The molecular weight excluding hydrogens is 240 g/mol. The maximum Gasteiger partial charge on any atom is 0.271 e. The van der Waals surface area contributed by atoms with Gasteiger partial charge in [-0.05, 0) is 25.7 Å². The molecule has 1 atom stereocenters. The normalized spacial score (nSPS) is 18.1. The van der Waals surface area contributed by atoms with Crippen molar-refractivity contribution in [2.75, 3.05) is 6.54 Å². The van der Waals surface area contributed by atoms with E-state index in [1.165, 1.54) is 0 Å². The molecule has 0 saturated heterocycles. The molecule has 17 heavy (non-hydrogen) atoms. The predicted molar refractivity (Wildman–Crippen MR) is 68.1 cm³/mol. The Kier molecular flexibility index (Phi) is 4.16. The van der Waals surface area contributed by atoms with Crippen LogP contribution in [-0.4, -0.2) is 27.5 Å². The van der Waals surface area contributed by atoms with Crippen molar-refractivity contribution in [3.63, 3.8) is 0 Å². The number of aryl methyl sites for hydroxylation is 1. The molecule has 3 N–H and O–H groups in total. The van der Waals surface area contributed by atoms with Crippen LogP contribution in [0.3, 0.4) is 0 Å². The number of amides is 1. The lowest BCUT2D eigenvalue weighted by molar-refractivity contribution is 0.0893. The van der Waals surface area contributed by atoms with Crippen molar-refractivity contribution in [1.82, 2.24) is 14.9 Å². The highest BCUT2D eigenvalue weighted by Gasteiger charge is 2.41. The summed E-state index contributed by atoms with van der Waals surface area (Å²) in [7, 11) is 1.84. The Bertz CT molecular complexity index is 402. The smallest absolute Gasteiger partial charge is 0.271 e. The summed E-state index contributed by atoms with van der Waals surface area (Å²) in [6.07, 6.45) is 5.62. The van der Waals surface area contributed by atoms with Gasteiger partial charge in [-0.1, -0.05) is 0 Å². The van der Waals surface area contributed by atoms with E-state index in [0.717, 1.165) is 12.8 Å². The first-order valence-electron chi connectivity index (χ1n) is 5.56. The standard InChI is InChI=1S/C11H18N4O.ClH/c1-11(6-12,8-3-4-8)14-10(16)9-5-15(2)7-13-9;/h5,7-8H,3-4,6,12H2,1-2H3,(H,14,16);1H. The first-order chi connectivity index (χ1) is 7.55. The van der Waals surface area contributed by atoms with Crippen molar-refractivity contribution >= 4 is 18.3 Å². The highest BCUT2D eigenvalue weighted by Crippen LogP contribution is 2.39. The molecule has 96 valence electrons. The van der Waals surface area contributed by atoms with Crippen molar-refractivity contribution in [2.45, 2.75) is 25.3 Å². The fourth-order valence-electron chi connectivity index (χ4n) is 1.89. The van der Waals surface area contributed by atoms with E-state index in [-0.39, 0.29) is 23.9 Å². The minimum absolute atomic E-state index is 0. The Hall–Kier alpha value is -1.07. The molecule has 0 aliphatic heterocycles. The number of nitrogens with two attached hydrogens (primary N) is 1. The van der Waals surface area contributed by atoms with E-state index < -0.39 is 0 Å². The third kappa shape index (κ3) is 2.98. The van der Waals surface area contributed by atoms with Crippen molar-refractivity contribution in [3.05, 3.63) is 18.2 Å². The van der Waals surface area contributed by atoms with Crippen LogP contribution in [0.1, 0.15) is 30.3 Å². The average Bonchev–Trinajstić information content (AvgIpc) is 3.02. The van der Waals surface area contributed by atoms with Gasteiger partial charge in [0.2, 0.25) is 0 Å². The van der Waals surface area contributed by atoms with E-state index >= 15 is 0 Å². The number of hydrogen-bond donors (Lipinski definition) is 2. The molecule has 5 nitrogen and oxygen atoms in total. The molecule has 1 fully saturated rings. The van der Waals surface area contributed by atoms with Gasteiger partial charge in [-0.25, -0.2) is 4.98 Å². The number of rotatable bonds is 4. The van der Waals surface area contributed by atoms with Gasteiger partial charge in [0.05, 0.1) is 11.9 Å². The predicted octanol–water partition coefficient (Wildman–Crippen LogP) is 0.699. The summed E-state index contributed by atoms with van der Waals surface area (Å²) in [5, 5.41) is 2.99. The van der Waals surface area contributed by atoms with Crippen molar-refractivity contribution in [2.24, 2.45) is 18.7 Å². The molecule has 1 aromatic rings. The van der Waals surface area contributed by atoms with Crippen molar-refractivity contribution < 1.29 is 4.79 Å². The molecule has 0 spiro atoms. The minimum Gasteiger partial charge on any atom is -0.344 e. The second-order valence-corrected chi connectivity index (χ2v) is 4.77.